The Balaban J connectivity index is 2.47. The number of hydrogen-bond acceptors (Lipinski definition) is 4. The van der Waals surface area contributed by atoms with Crippen molar-refractivity contribution in [1.29, 1.82) is 0 Å². The number of hydrogen-bond donors (Lipinski definition) is 3. The Hall–Kier alpha value is -1.57. The minimum atomic E-state index is -3.59. The lowest BCUT2D eigenvalue weighted by atomic mass is 10.2. The van der Waals surface area contributed by atoms with Crippen molar-refractivity contribution in [3.8, 4) is 0 Å². The van der Waals surface area contributed by atoms with Crippen molar-refractivity contribution in [2.24, 2.45) is 0 Å². The summed E-state index contributed by atoms with van der Waals surface area (Å²) in [5.74, 6) is 0. The van der Waals surface area contributed by atoms with Crippen LogP contribution in [0.2, 0.25) is 0 Å². The molecule has 0 atom stereocenters. The standard InChI is InChI=1S/C14H16BrN3O2S/c1-9-7-11(4-5-12(9)15)18-13-6-3-10(16)8-14(13)21(19,20)17-2/h3-8,17-18H,16H2,1-2H3. The highest BCUT2D eigenvalue weighted by Crippen LogP contribution is 2.28. The summed E-state index contributed by atoms with van der Waals surface area (Å²) < 4.78 is 27.4. The summed E-state index contributed by atoms with van der Waals surface area (Å²) in [6.07, 6.45) is 0. The van der Waals surface area contributed by atoms with E-state index >= 15 is 0 Å². The normalized spacial score (nSPS) is 11.4. The number of sulfonamides is 1. The lowest BCUT2D eigenvalue weighted by Gasteiger charge is -2.13. The molecule has 2 aromatic rings. The number of aryl methyl sites for hydroxylation is 1. The average Bonchev–Trinajstić information content (AvgIpc) is 2.44. The Morgan fingerprint density at radius 2 is 1.86 bits per heavy atom. The van der Waals surface area contributed by atoms with Gasteiger partial charge in [-0.1, -0.05) is 15.9 Å². The van der Waals surface area contributed by atoms with Crippen LogP contribution < -0.4 is 15.8 Å². The van der Waals surface area contributed by atoms with Gasteiger partial charge in [-0.2, -0.15) is 0 Å². The predicted octanol–water partition coefficient (Wildman–Crippen LogP) is 2.99. The average molecular weight is 370 g/mol. The van der Waals surface area contributed by atoms with E-state index in [9.17, 15) is 8.42 Å². The molecular formula is C14H16BrN3O2S. The van der Waals surface area contributed by atoms with E-state index in [4.69, 9.17) is 5.73 Å². The molecule has 5 nitrogen and oxygen atoms in total. The molecule has 0 fully saturated rings. The number of halogens is 1. The van der Waals surface area contributed by atoms with Crippen molar-refractivity contribution < 1.29 is 8.42 Å². The Morgan fingerprint density at radius 3 is 2.48 bits per heavy atom. The van der Waals surface area contributed by atoms with Crippen LogP contribution in [-0.4, -0.2) is 15.5 Å². The molecule has 7 heteroatoms. The van der Waals surface area contributed by atoms with Crippen LogP contribution in [-0.2, 0) is 10.0 Å². The molecule has 2 rings (SSSR count). The highest BCUT2D eigenvalue weighted by Gasteiger charge is 2.17. The van der Waals surface area contributed by atoms with Crippen LogP contribution in [0.3, 0.4) is 0 Å². The molecular weight excluding hydrogens is 354 g/mol. The third-order valence-corrected chi connectivity index (χ3v) is 5.34. The van der Waals surface area contributed by atoms with E-state index in [2.05, 4.69) is 26.0 Å². The molecule has 2 aromatic carbocycles. The first kappa shape index (κ1) is 15.8. The maximum Gasteiger partial charge on any atom is 0.242 e. The molecule has 0 aliphatic rings. The van der Waals surface area contributed by atoms with Gasteiger partial charge in [0, 0.05) is 15.8 Å². The molecule has 0 radical (unpaired) electrons. The number of benzene rings is 2. The largest absolute Gasteiger partial charge is 0.399 e. The van der Waals surface area contributed by atoms with Crippen LogP contribution in [0, 0.1) is 6.92 Å². The van der Waals surface area contributed by atoms with E-state index in [1.54, 1.807) is 12.1 Å². The Kier molecular flexibility index (Phi) is 4.55. The zero-order valence-electron chi connectivity index (χ0n) is 11.6. The fourth-order valence-electron chi connectivity index (χ4n) is 1.85. The lowest BCUT2D eigenvalue weighted by Crippen LogP contribution is -2.20. The quantitative estimate of drug-likeness (QED) is 0.723. The molecule has 21 heavy (non-hydrogen) atoms. The molecule has 0 aromatic heterocycles. The Bertz CT molecular complexity index is 776. The van der Waals surface area contributed by atoms with Crippen LogP contribution in [0.25, 0.3) is 0 Å². The SMILES string of the molecule is CNS(=O)(=O)c1cc(N)ccc1Nc1ccc(Br)c(C)c1. The monoisotopic (exact) mass is 369 g/mol. The van der Waals surface area contributed by atoms with Gasteiger partial charge in [-0.05, 0) is 55.9 Å². The molecule has 0 bridgehead atoms. The summed E-state index contributed by atoms with van der Waals surface area (Å²) in [6, 6.07) is 10.4. The molecule has 112 valence electrons. The molecule has 0 heterocycles. The smallest absolute Gasteiger partial charge is 0.242 e. The number of nitrogens with two attached hydrogens (primary N) is 1. The third-order valence-electron chi connectivity index (χ3n) is 3.00. The molecule has 0 aliphatic heterocycles. The molecule has 0 saturated heterocycles. The molecule has 4 N–H and O–H groups in total. The van der Waals surface area contributed by atoms with Gasteiger partial charge in [0.25, 0.3) is 0 Å². The van der Waals surface area contributed by atoms with E-state index in [0.717, 1.165) is 15.7 Å². The first-order valence-corrected chi connectivity index (χ1v) is 8.47. The van der Waals surface area contributed by atoms with Gasteiger partial charge in [0.1, 0.15) is 4.90 Å². The van der Waals surface area contributed by atoms with E-state index in [1.165, 1.54) is 13.1 Å². The van der Waals surface area contributed by atoms with Gasteiger partial charge < -0.3 is 11.1 Å². The highest BCUT2D eigenvalue weighted by atomic mass is 79.9. The van der Waals surface area contributed by atoms with Crippen LogP contribution in [0.1, 0.15) is 5.56 Å². The van der Waals surface area contributed by atoms with E-state index < -0.39 is 10.0 Å². The first-order valence-electron chi connectivity index (χ1n) is 6.20. The lowest BCUT2D eigenvalue weighted by molar-refractivity contribution is 0.588. The maximum atomic E-state index is 12.1. The molecule has 0 unspecified atom stereocenters. The third kappa shape index (κ3) is 3.55. The Labute approximate surface area is 132 Å². The second-order valence-corrected chi connectivity index (χ2v) is 7.26. The second kappa shape index (κ2) is 6.05. The summed E-state index contributed by atoms with van der Waals surface area (Å²) in [7, 11) is -2.22. The van der Waals surface area contributed by atoms with Gasteiger partial charge in [-0.15, -0.1) is 0 Å². The fourth-order valence-corrected chi connectivity index (χ4v) is 3.02. The predicted molar refractivity (Wildman–Crippen MR) is 89.3 cm³/mol. The maximum absolute atomic E-state index is 12.1. The second-order valence-electron chi connectivity index (χ2n) is 4.55. The van der Waals surface area contributed by atoms with Crippen LogP contribution in [0.5, 0.6) is 0 Å². The summed E-state index contributed by atoms with van der Waals surface area (Å²) >= 11 is 3.43. The molecule has 0 amide bonds. The van der Waals surface area contributed by atoms with E-state index in [-0.39, 0.29) is 4.90 Å². The number of nitrogens with one attached hydrogen (secondary N) is 2. The zero-order chi connectivity index (χ0) is 15.6. The van der Waals surface area contributed by atoms with Gasteiger partial charge in [-0.25, -0.2) is 13.1 Å². The van der Waals surface area contributed by atoms with Crippen molar-refractivity contribution in [2.45, 2.75) is 11.8 Å². The van der Waals surface area contributed by atoms with Gasteiger partial charge in [0.15, 0.2) is 0 Å². The van der Waals surface area contributed by atoms with Crippen molar-refractivity contribution in [2.75, 3.05) is 18.1 Å². The summed E-state index contributed by atoms with van der Waals surface area (Å²) in [4.78, 5) is 0.116. The fraction of sp³-hybridized carbons (Fsp3) is 0.143. The summed E-state index contributed by atoms with van der Waals surface area (Å²) in [6.45, 7) is 1.96. The topological polar surface area (TPSA) is 84.2 Å². The highest BCUT2D eigenvalue weighted by molar-refractivity contribution is 9.10. The Morgan fingerprint density at radius 1 is 1.14 bits per heavy atom. The molecule has 0 saturated carbocycles. The van der Waals surface area contributed by atoms with Crippen molar-refractivity contribution in [1.82, 2.24) is 4.72 Å². The van der Waals surface area contributed by atoms with Crippen molar-refractivity contribution in [3.63, 3.8) is 0 Å². The van der Waals surface area contributed by atoms with Gasteiger partial charge in [0.2, 0.25) is 10.0 Å². The zero-order valence-corrected chi connectivity index (χ0v) is 14.0. The first-order chi connectivity index (χ1) is 9.83. The van der Waals surface area contributed by atoms with E-state index in [0.29, 0.717) is 11.4 Å². The molecule has 0 aliphatic carbocycles. The van der Waals surface area contributed by atoms with Crippen molar-refractivity contribution in [3.05, 3.63) is 46.4 Å². The minimum Gasteiger partial charge on any atom is -0.399 e. The minimum absolute atomic E-state index is 0.116. The van der Waals surface area contributed by atoms with Crippen LogP contribution >= 0.6 is 15.9 Å². The van der Waals surface area contributed by atoms with Gasteiger partial charge in [-0.3, -0.25) is 0 Å². The van der Waals surface area contributed by atoms with Crippen LogP contribution in [0.15, 0.2) is 45.8 Å². The van der Waals surface area contributed by atoms with Crippen LogP contribution in [0.4, 0.5) is 17.1 Å². The van der Waals surface area contributed by atoms with E-state index in [1.807, 2.05) is 25.1 Å². The number of anilines is 3. The summed E-state index contributed by atoms with van der Waals surface area (Å²) in [5.41, 5.74) is 8.40. The van der Waals surface area contributed by atoms with Gasteiger partial charge in [0.05, 0.1) is 5.69 Å². The number of rotatable bonds is 4. The summed E-state index contributed by atoms with van der Waals surface area (Å²) in [5, 5.41) is 3.11. The van der Waals surface area contributed by atoms with Crippen molar-refractivity contribution >= 4 is 43.0 Å². The number of nitrogen functional groups attached to an aromatic ring is 1. The van der Waals surface area contributed by atoms with Gasteiger partial charge >= 0.3 is 0 Å². The molecule has 0 spiro atoms.